The molecule has 2 N–H and O–H groups in total. The molecular formula is C21H26N4O3. The van der Waals surface area contributed by atoms with Crippen molar-refractivity contribution >= 4 is 5.90 Å². The third-order valence-electron chi connectivity index (χ3n) is 4.61. The number of aromatic amines is 1. The summed E-state index contributed by atoms with van der Waals surface area (Å²) in [5.41, 5.74) is 2.67. The second-order valence-corrected chi connectivity index (χ2v) is 7.03. The molecule has 0 spiro atoms. The number of nitrogens with one attached hydrogen (secondary N) is 2. The number of hydrogen-bond donors (Lipinski definition) is 2. The van der Waals surface area contributed by atoms with Crippen LogP contribution in [-0.2, 0) is 6.42 Å². The van der Waals surface area contributed by atoms with Crippen molar-refractivity contribution in [3.8, 4) is 23.4 Å². The molecule has 0 aliphatic carbocycles. The number of fused-ring (bicyclic) bond motifs is 1. The smallest absolute Gasteiger partial charge is 0.243 e. The highest BCUT2D eigenvalue weighted by Gasteiger charge is 2.40. The Hall–Kier alpha value is -3.01. The predicted octanol–water partition coefficient (Wildman–Crippen LogP) is 4.19. The molecule has 2 aromatic rings. The molecule has 148 valence electrons. The van der Waals surface area contributed by atoms with Crippen LogP contribution in [0.1, 0.15) is 56.9 Å². The van der Waals surface area contributed by atoms with Crippen LogP contribution in [0.4, 0.5) is 0 Å². The van der Waals surface area contributed by atoms with Gasteiger partial charge < -0.3 is 14.2 Å². The van der Waals surface area contributed by atoms with Crippen molar-refractivity contribution in [1.82, 2.24) is 10.2 Å². The van der Waals surface area contributed by atoms with Crippen LogP contribution in [0.3, 0.4) is 0 Å². The molecule has 7 nitrogen and oxygen atoms in total. The SMILES string of the molecule is CCCc1[nH]nc2c1C(c1ccc(OC(C)C)c(OCC)c1)C(C#N)C(=N)O2. The van der Waals surface area contributed by atoms with Gasteiger partial charge in [-0.25, -0.2) is 0 Å². The Labute approximate surface area is 165 Å². The van der Waals surface area contributed by atoms with Gasteiger partial charge in [0.05, 0.1) is 18.8 Å². The van der Waals surface area contributed by atoms with Crippen molar-refractivity contribution in [3.63, 3.8) is 0 Å². The minimum atomic E-state index is -0.730. The fourth-order valence-corrected chi connectivity index (χ4v) is 3.52. The van der Waals surface area contributed by atoms with E-state index in [9.17, 15) is 5.26 Å². The number of nitrogens with zero attached hydrogens (tertiary/aromatic N) is 2. The van der Waals surface area contributed by atoms with E-state index in [-0.39, 0.29) is 17.9 Å². The molecule has 1 aliphatic rings. The first-order valence-corrected chi connectivity index (χ1v) is 9.66. The second-order valence-electron chi connectivity index (χ2n) is 7.03. The number of ether oxygens (including phenoxy) is 3. The third-order valence-corrected chi connectivity index (χ3v) is 4.61. The molecule has 2 heterocycles. The number of nitriles is 1. The molecule has 28 heavy (non-hydrogen) atoms. The first-order chi connectivity index (χ1) is 13.5. The predicted molar refractivity (Wildman–Crippen MR) is 105 cm³/mol. The van der Waals surface area contributed by atoms with Gasteiger partial charge in [0, 0.05) is 17.2 Å². The van der Waals surface area contributed by atoms with Crippen molar-refractivity contribution < 1.29 is 14.2 Å². The quantitative estimate of drug-likeness (QED) is 0.747. The first-order valence-electron chi connectivity index (χ1n) is 9.66. The van der Waals surface area contributed by atoms with Gasteiger partial charge in [-0.3, -0.25) is 10.5 Å². The Morgan fingerprint density at radius 3 is 2.75 bits per heavy atom. The van der Waals surface area contributed by atoms with Gasteiger partial charge in [0.2, 0.25) is 11.8 Å². The summed E-state index contributed by atoms with van der Waals surface area (Å²) in [6.45, 7) is 8.43. The monoisotopic (exact) mass is 382 g/mol. The lowest BCUT2D eigenvalue weighted by molar-refractivity contribution is 0.223. The fourth-order valence-electron chi connectivity index (χ4n) is 3.52. The lowest BCUT2D eigenvalue weighted by atomic mass is 9.79. The number of aromatic nitrogens is 2. The van der Waals surface area contributed by atoms with Crippen LogP contribution >= 0.6 is 0 Å². The van der Waals surface area contributed by atoms with E-state index in [1.807, 2.05) is 39.0 Å². The Kier molecular flexibility index (Phi) is 5.88. The molecular weight excluding hydrogens is 356 g/mol. The van der Waals surface area contributed by atoms with E-state index in [1.165, 1.54) is 0 Å². The van der Waals surface area contributed by atoms with Gasteiger partial charge >= 0.3 is 0 Å². The number of hydrogen-bond acceptors (Lipinski definition) is 6. The number of rotatable bonds is 7. The van der Waals surface area contributed by atoms with Crippen LogP contribution in [0.2, 0.25) is 0 Å². The van der Waals surface area contributed by atoms with Gasteiger partial charge in [-0.05, 0) is 44.9 Å². The van der Waals surface area contributed by atoms with Crippen LogP contribution in [0, 0.1) is 22.7 Å². The Bertz CT molecular complexity index is 898. The molecule has 0 amide bonds. The zero-order valence-electron chi connectivity index (χ0n) is 16.7. The highest BCUT2D eigenvalue weighted by molar-refractivity contribution is 5.84. The van der Waals surface area contributed by atoms with E-state index in [0.717, 1.165) is 29.7 Å². The van der Waals surface area contributed by atoms with Crippen LogP contribution in [0.15, 0.2) is 18.2 Å². The van der Waals surface area contributed by atoms with Gasteiger partial charge in [0.1, 0.15) is 5.92 Å². The molecule has 0 saturated carbocycles. The Balaban J connectivity index is 2.12. The molecule has 0 bridgehead atoms. The minimum Gasteiger partial charge on any atom is -0.490 e. The third kappa shape index (κ3) is 3.68. The maximum absolute atomic E-state index is 9.77. The highest BCUT2D eigenvalue weighted by atomic mass is 16.5. The molecule has 0 fully saturated rings. The summed E-state index contributed by atoms with van der Waals surface area (Å²) in [5.74, 6) is 0.504. The lowest BCUT2D eigenvalue weighted by Gasteiger charge is -2.28. The summed E-state index contributed by atoms with van der Waals surface area (Å²) in [5, 5.41) is 25.2. The van der Waals surface area contributed by atoms with Crippen LogP contribution in [0.5, 0.6) is 17.4 Å². The molecule has 3 rings (SSSR count). The maximum atomic E-state index is 9.77. The summed E-state index contributed by atoms with van der Waals surface area (Å²) >= 11 is 0. The van der Waals surface area contributed by atoms with Gasteiger partial charge in [0.15, 0.2) is 11.5 Å². The largest absolute Gasteiger partial charge is 0.490 e. The summed E-state index contributed by atoms with van der Waals surface area (Å²) in [7, 11) is 0. The topological polar surface area (TPSA) is 104 Å². The molecule has 2 atom stereocenters. The first kappa shape index (κ1) is 19.7. The molecule has 0 radical (unpaired) electrons. The Morgan fingerprint density at radius 2 is 2.11 bits per heavy atom. The van der Waals surface area contributed by atoms with Gasteiger partial charge in [0.25, 0.3) is 0 Å². The van der Waals surface area contributed by atoms with E-state index in [1.54, 1.807) is 0 Å². The summed E-state index contributed by atoms with van der Waals surface area (Å²) in [6, 6.07) is 7.94. The molecule has 1 aliphatic heterocycles. The van der Waals surface area contributed by atoms with Crippen molar-refractivity contribution in [2.75, 3.05) is 6.61 Å². The van der Waals surface area contributed by atoms with Crippen LogP contribution < -0.4 is 14.2 Å². The van der Waals surface area contributed by atoms with Crippen molar-refractivity contribution in [2.24, 2.45) is 5.92 Å². The van der Waals surface area contributed by atoms with E-state index >= 15 is 0 Å². The van der Waals surface area contributed by atoms with E-state index in [0.29, 0.717) is 24.0 Å². The average molecular weight is 382 g/mol. The standard InChI is InChI=1S/C21H26N4O3/c1-5-7-15-19-18(14(11-22)20(23)28-21(19)25-24-15)13-8-9-16(27-12(3)4)17(10-13)26-6-2/h8-10,12,14,18,23H,5-7H2,1-4H3,(H,24,25). The average Bonchev–Trinajstić information content (AvgIpc) is 3.04. The van der Waals surface area contributed by atoms with Crippen molar-refractivity contribution in [2.45, 2.75) is 52.6 Å². The minimum absolute atomic E-state index is 0.0183. The molecule has 1 aromatic heterocycles. The zero-order valence-corrected chi connectivity index (χ0v) is 16.7. The van der Waals surface area contributed by atoms with Crippen LogP contribution in [-0.4, -0.2) is 28.8 Å². The second kappa shape index (κ2) is 8.34. The molecule has 2 unspecified atom stereocenters. The summed E-state index contributed by atoms with van der Waals surface area (Å²) in [4.78, 5) is 0. The van der Waals surface area contributed by atoms with Crippen molar-refractivity contribution in [1.29, 1.82) is 10.7 Å². The molecule has 0 saturated heterocycles. The van der Waals surface area contributed by atoms with E-state index in [4.69, 9.17) is 19.6 Å². The summed E-state index contributed by atoms with van der Waals surface area (Å²) in [6.07, 6.45) is 1.74. The van der Waals surface area contributed by atoms with Crippen molar-refractivity contribution in [3.05, 3.63) is 35.0 Å². The van der Waals surface area contributed by atoms with Gasteiger partial charge in [-0.15, -0.1) is 5.10 Å². The lowest BCUT2D eigenvalue weighted by Crippen LogP contribution is -2.31. The number of aryl methyl sites for hydroxylation is 1. The van der Waals surface area contributed by atoms with Crippen LogP contribution in [0.25, 0.3) is 0 Å². The van der Waals surface area contributed by atoms with Gasteiger partial charge in [-0.1, -0.05) is 19.4 Å². The fraction of sp³-hybridized carbons (Fsp3) is 0.476. The van der Waals surface area contributed by atoms with E-state index < -0.39 is 5.92 Å². The molecule has 1 aromatic carbocycles. The Morgan fingerprint density at radius 1 is 1.32 bits per heavy atom. The number of H-pyrrole nitrogens is 1. The highest BCUT2D eigenvalue weighted by Crippen LogP contribution is 2.45. The zero-order chi connectivity index (χ0) is 20.3. The molecule has 7 heteroatoms. The number of benzene rings is 1. The van der Waals surface area contributed by atoms with Gasteiger partial charge in [-0.2, -0.15) is 5.26 Å². The summed E-state index contributed by atoms with van der Waals surface area (Å²) < 4.78 is 17.2. The normalized spacial score (nSPS) is 18.4. The van der Waals surface area contributed by atoms with E-state index in [2.05, 4.69) is 23.2 Å². The maximum Gasteiger partial charge on any atom is 0.243 e.